The van der Waals surface area contributed by atoms with E-state index in [1.165, 1.54) is 0 Å². The summed E-state index contributed by atoms with van der Waals surface area (Å²) in [5.74, 6) is 0.430. The summed E-state index contributed by atoms with van der Waals surface area (Å²) in [7, 11) is 0. The van der Waals surface area contributed by atoms with E-state index in [4.69, 9.17) is 10.5 Å². The van der Waals surface area contributed by atoms with Gasteiger partial charge in [-0.1, -0.05) is 24.3 Å². The van der Waals surface area contributed by atoms with Gasteiger partial charge in [-0.25, -0.2) is 14.5 Å². The van der Waals surface area contributed by atoms with E-state index in [1.54, 1.807) is 10.6 Å². The number of nitrogens with one attached hydrogen (secondary N) is 1. The number of amides is 1. The second kappa shape index (κ2) is 8.64. The van der Waals surface area contributed by atoms with Crippen molar-refractivity contribution in [3.05, 3.63) is 72.2 Å². The second-order valence-corrected chi connectivity index (χ2v) is 7.50. The lowest BCUT2D eigenvalue weighted by atomic mass is 10.1. The molecule has 0 aliphatic carbocycles. The minimum atomic E-state index is -0.545. The molecule has 1 saturated heterocycles. The molecule has 0 spiro atoms. The molecule has 0 saturated carbocycles. The quantitative estimate of drug-likeness (QED) is 0.484. The maximum absolute atomic E-state index is 11.6. The maximum Gasteiger partial charge on any atom is 0.252 e. The molecule has 1 aliphatic heterocycles. The summed E-state index contributed by atoms with van der Waals surface area (Å²) in [4.78, 5) is 22.4. The first-order chi connectivity index (χ1) is 15.7. The molecule has 5 rings (SSSR count). The summed E-state index contributed by atoms with van der Waals surface area (Å²) in [5.41, 5.74) is 9.98. The number of carbonyl (C=O) groups is 1. The van der Waals surface area contributed by atoms with Crippen LogP contribution in [0.4, 0.5) is 11.5 Å². The molecule has 4 aromatic rings. The van der Waals surface area contributed by atoms with Gasteiger partial charge in [0.05, 0.1) is 36.4 Å². The lowest BCUT2D eigenvalue weighted by Gasteiger charge is -2.27. The predicted molar refractivity (Wildman–Crippen MR) is 120 cm³/mol. The Morgan fingerprint density at radius 2 is 1.91 bits per heavy atom. The van der Waals surface area contributed by atoms with Crippen LogP contribution in [0.15, 0.2) is 54.7 Å². The lowest BCUT2D eigenvalue weighted by Crippen LogP contribution is -2.36. The van der Waals surface area contributed by atoms with E-state index in [2.05, 4.69) is 31.6 Å². The van der Waals surface area contributed by atoms with Crippen molar-refractivity contribution in [1.82, 2.24) is 19.6 Å². The molecule has 1 radical (unpaired) electrons. The zero-order chi connectivity index (χ0) is 21.9. The minimum absolute atomic E-state index is 0.316. The Morgan fingerprint density at radius 3 is 2.62 bits per heavy atom. The topological polar surface area (TPSA) is 111 Å². The van der Waals surface area contributed by atoms with Crippen molar-refractivity contribution in [3.63, 3.8) is 0 Å². The van der Waals surface area contributed by atoms with Gasteiger partial charge >= 0.3 is 0 Å². The number of nitrogens with zero attached hydrogens (tertiary/aromatic N) is 5. The highest BCUT2D eigenvalue weighted by Gasteiger charge is 2.14. The third-order valence-corrected chi connectivity index (χ3v) is 5.47. The molecule has 3 aromatic heterocycles. The SMILES string of the molecule is NC(=O)c1ccc(-c2ccc(CNc3ccc(N4CCOCC4)nc3)cc2)n2n[c]nc12. The van der Waals surface area contributed by atoms with Gasteiger partial charge in [-0.3, -0.25) is 4.79 Å². The molecule has 1 aromatic carbocycles. The van der Waals surface area contributed by atoms with Crippen LogP contribution in [0.2, 0.25) is 0 Å². The summed E-state index contributed by atoms with van der Waals surface area (Å²) in [6.45, 7) is 3.90. The standard InChI is InChI=1S/C23H22N7O2/c24-22(31)19-6-7-20(30-23(19)27-15-28-30)17-3-1-16(2-4-17)13-25-18-5-8-21(26-14-18)29-9-11-32-12-10-29/h1-8,14,25H,9-13H2,(H2,24,31). The van der Waals surface area contributed by atoms with Gasteiger partial charge in [-0.05, 0) is 29.8 Å². The molecule has 9 nitrogen and oxygen atoms in total. The molecule has 9 heteroatoms. The van der Waals surface area contributed by atoms with Crippen LogP contribution in [-0.4, -0.2) is 51.8 Å². The zero-order valence-electron chi connectivity index (χ0n) is 17.4. The van der Waals surface area contributed by atoms with Crippen LogP contribution in [0.1, 0.15) is 15.9 Å². The normalized spacial score (nSPS) is 13.9. The number of nitrogens with two attached hydrogens (primary N) is 1. The summed E-state index contributed by atoms with van der Waals surface area (Å²) >= 11 is 0. The summed E-state index contributed by atoms with van der Waals surface area (Å²) in [6, 6.07) is 15.7. The van der Waals surface area contributed by atoms with Crippen molar-refractivity contribution in [2.45, 2.75) is 6.54 Å². The summed E-state index contributed by atoms with van der Waals surface area (Å²) in [6.07, 6.45) is 4.41. The lowest BCUT2D eigenvalue weighted by molar-refractivity contribution is 0.100. The Bertz CT molecular complexity index is 1230. The van der Waals surface area contributed by atoms with Gasteiger partial charge in [0.25, 0.3) is 5.91 Å². The number of primary amides is 1. The highest BCUT2D eigenvalue weighted by molar-refractivity contribution is 5.99. The van der Waals surface area contributed by atoms with Crippen LogP contribution in [0.3, 0.4) is 0 Å². The predicted octanol–water partition coefficient (Wildman–Crippen LogP) is 2.14. The van der Waals surface area contributed by atoms with Gasteiger partial charge in [0.15, 0.2) is 5.65 Å². The average molecular weight is 428 g/mol. The first kappa shape index (κ1) is 20.0. The van der Waals surface area contributed by atoms with Crippen LogP contribution in [-0.2, 0) is 11.3 Å². The first-order valence-electron chi connectivity index (χ1n) is 10.4. The van der Waals surface area contributed by atoms with Gasteiger partial charge < -0.3 is 20.7 Å². The number of rotatable bonds is 6. The van der Waals surface area contributed by atoms with E-state index >= 15 is 0 Å². The van der Waals surface area contributed by atoms with E-state index in [9.17, 15) is 4.79 Å². The van der Waals surface area contributed by atoms with E-state index in [0.29, 0.717) is 17.8 Å². The monoisotopic (exact) mass is 428 g/mol. The number of morpholine rings is 1. The number of carbonyl (C=O) groups excluding carboxylic acids is 1. The molecule has 4 heterocycles. The van der Waals surface area contributed by atoms with Crippen molar-refractivity contribution in [2.75, 3.05) is 36.5 Å². The molecule has 1 amide bonds. The van der Waals surface area contributed by atoms with Gasteiger partial charge in [-0.15, -0.1) is 5.10 Å². The number of anilines is 2. The maximum atomic E-state index is 11.6. The molecular weight excluding hydrogens is 406 g/mol. The van der Waals surface area contributed by atoms with Gasteiger partial charge in [0, 0.05) is 25.2 Å². The largest absolute Gasteiger partial charge is 0.380 e. The fraction of sp³-hybridized carbons (Fsp3) is 0.217. The highest BCUT2D eigenvalue weighted by atomic mass is 16.5. The fourth-order valence-electron chi connectivity index (χ4n) is 3.74. The zero-order valence-corrected chi connectivity index (χ0v) is 17.4. The van der Waals surface area contributed by atoms with E-state index < -0.39 is 5.91 Å². The Kier molecular flexibility index (Phi) is 5.39. The molecule has 161 valence electrons. The number of pyridine rings is 2. The number of ether oxygens (including phenoxy) is 1. The van der Waals surface area contributed by atoms with E-state index in [-0.39, 0.29) is 0 Å². The molecule has 0 unspecified atom stereocenters. The molecule has 0 atom stereocenters. The van der Waals surface area contributed by atoms with Gasteiger partial charge in [0.1, 0.15) is 5.82 Å². The van der Waals surface area contributed by atoms with Crippen LogP contribution in [0.5, 0.6) is 0 Å². The number of benzene rings is 1. The minimum Gasteiger partial charge on any atom is -0.380 e. The third kappa shape index (κ3) is 3.97. The second-order valence-electron chi connectivity index (χ2n) is 7.50. The Balaban J connectivity index is 1.27. The third-order valence-electron chi connectivity index (χ3n) is 5.47. The summed E-state index contributed by atoms with van der Waals surface area (Å²) in [5, 5.41) is 7.53. The molecule has 1 aliphatic rings. The molecule has 0 bridgehead atoms. The molecule has 1 fully saturated rings. The van der Waals surface area contributed by atoms with Crippen molar-refractivity contribution >= 4 is 23.1 Å². The Labute approximate surface area is 184 Å². The number of hydrogen-bond acceptors (Lipinski definition) is 7. The average Bonchev–Trinajstić information content (AvgIpc) is 3.33. The first-order valence-corrected chi connectivity index (χ1v) is 10.4. The van der Waals surface area contributed by atoms with Crippen molar-refractivity contribution in [3.8, 4) is 11.3 Å². The van der Waals surface area contributed by atoms with Gasteiger partial charge in [-0.2, -0.15) is 0 Å². The Morgan fingerprint density at radius 1 is 1.09 bits per heavy atom. The number of aromatic nitrogens is 4. The van der Waals surface area contributed by atoms with Crippen LogP contribution < -0.4 is 16.0 Å². The van der Waals surface area contributed by atoms with E-state index in [0.717, 1.165) is 54.6 Å². The van der Waals surface area contributed by atoms with Crippen molar-refractivity contribution in [1.29, 1.82) is 0 Å². The van der Waals surface area contributed by atoms with Crippen molar-refractivity contribution in [2.24, 2.45) is 5.73 Å². The van der Waals surface area contributed by atoms with Crippen LogP contribution in [0.25, 0.3) is 16.9 Å². The van der Waals surface area contributed by atoms with E-state index in [1.807, 2.05) is 48.7 Å². The number of hydrogen-bond donors (Lipinski definition) is 2. The molecular formula is C23H22N7O2. The van der Waals surface area contributed by atoms with Gasteiger partial charge in [0.2, 0.25) is 6.33 Å². The molecule has 32 heavy (non-hydrogen) atoms. The van der Waals surface area contributed by atoms with Crippen molar-refractivity contribution < 1.29 is 9.53 Å². The molecule has 3 N–H and O–H groups in total. The highest BCUT2D eigenvalue weighted by Crippen LogP contribution is 2.23. The summed E-state index contributed by atoms with van der Waals surface area (Å²) < 4.78 is 6.97. The van der Waals surface area contributed by atoms with Crippen LogP contribution >= 0.6 is 0 Å². The Hall–Kier alpha value is -3.98. The smallest absolute Gasteiger partial charge is 0.252 e. The fourth-order valence-corrected chi connectivity index (χ4v) is 3.74. The van der Waals surface area contributed by atoms with Crippen LogP contribution in [0, 0.1) is 6.33 Å². The number of fused-ring (bicyclic) bond motifs is 1.